The summed E-state index contributed by atoms with van der Waals surface area (Å²) in [6.45, 7) is -0.451. The number of nitrogen functional groups attached to an aromatic ring is 1. The molecule has 3 rings (SSSR count). The number of Topliss-reactive ketones (excluding diaryl/α,β-unsaturated/α-hetero) is 1. The molecule has 9 heteroatoms. The standard InChI is InChI=1S/C10H11N5O4/c11-8-5-9(13-2-12-8)15(3-14-5)10-7(18)6(17)4(1-16)19-10/h2-4,6,10,16-17H,1H2,(H2,11,12,13)/t4-,6?,10-/m0/s1. The predicted octanol–water partition coefficient (Wildman–Crippen LogP) is -1.77. The van der Waals surface area contributed by atoms with E-state index in [2.05, 4.69) is 15.0 Å². The van der Waals surface area contributed by atoms with E-state index in [1.54, 1.807) is 0 Å². The highest BCUT2D eigenvalue weighted by Crippen LogP contribution is 2.28. The zero-order valence-corrected chi connectivity index (χ0v) is 9.67. The summed E-state index contributed by atoms with van der Waals surface area (Å²) in [4.78, 5) is 23.7. The maximum Gasteiger partial charge on any atom is 0.213 e. The van der Waals surface area contributed by atoms with Crippen LogP contribution in [0.3, 0.4) is 0 Å². The average molecular weight is 265 g/mol. The van der Waals surface area contributed by atoms with Crippen molar-refractivity contribution < 1.29 is 19.7 Å². The Bertz CT molecular complexity index is 642. The van der Waals surface area contributed by atoms with Crippen LogP contribution in [0.15, 0.2) is 12.7 Å². The summed E-state index contributed by atoms with van der Waals surface area (Å²) in [7, 11) is 0. The molecule has 0 aliphatic carbocycles. The van der Waals surface area contributed by atoms with Crippen LogP contribution in [0.5, 0.6) is 0 Å². The van der Waals surface area contributed by atoms with Crippen LogP contribution in [0, 0.1) is 0 Å². The van der Waals surface area contributed by atoms with E-state index in [1.807, 2.05) is 0 Å². The van der Waals surface area contributed by atoms with Gasteiger partial charge in [0.1, 0.15) is 24.1 Å². The molecule has 1 aliphatic heterocycles. The molecule has 3 atom stereocenters. The Kier molecular flexibility index (Phi) is 2.66. The number of hydrogen-bond donors (Lipinski definition) is 3. The van der Waals surface area contributed by atoms with Crippen molar-refractivity contribution in [1.29, 1.82) is 0 Å². The van der Waals surface area contributed by atoms with Gasteiger partial charge in [0.05, 0.1) is 12.9 Å². The van der Waals surface area contributed by atoms with E-state index in [0.29, 0.717) is 11.2 Å². The first-order valence-electron chi connectivity index (χ1n) is 5.54. The third-order valence-electron chi connectivity index (χ3n) is 3.01. The topological polar surface area (TPSA) is 136 Å². The van der Waals surface area contributed by atoms with Crippen molar-refractivity contribution in [3.63, 3.8) is 0 Å². The van der Waals surface area contributed by atoms with Crippen molar-refractivity contribution in [2.75, 3.05) is 12.3 Å². The second kappa shape index (κ2) is 4.23. The minimum Gasteiger partial charge on any atom is -0.394 e. The number of carbonyl (C=O) groups is 1. The second-order valence-corrected chi connectivity index (χ2v) is 4.14. The van der Waals surface area contributed by atoms with Crippen molar-refractivity contribution in [3.05, 3.63) is 12.7 Å². The van der Waals surface area contributed by atoms with Gasteiger partial charge in [-0.3, -0.25) is 9.36 Å². The number of aliphatic hydroxyl groups excluding tert-OH is 2. The highest BCUT2D eigenvalue weighted by molar-refractivity contribution is 5.90. The lowest BCUT2D eigenvalue weighted by molar-refractivity contribution is -0.130. The zero-order chi connectivity index (χ0) is 13.6. The SMILES string of the molecule is Nc1ncnc2c1ncn2[C@H]1O[C@@H](CO)C(O)C1=O. The normalized spacial score (nSPS) is 27.3. The Hall–Kier alpha value is -2.10. The van der Waals surface area contributed by atoms with Crippen molar-refractivity contribution in [2.45, 2.75) is 18.4 Å². The van der Waals surface area contributed by atoms with Gasteiger partial charge in [0, 0.05) is 0 Å². The molecule has 0 saturated carbocycles. The molecule has 100 valence electrons. The molecule has 4 N–H and O–H groups in total. The Morgan fingerprint density at radius 3 is 2.89 bits per heavy atom. The number of anilines is 1. The molecule has 19 heavy (non-hydrogen) atoms. The average Bonchev–Trinajstić information content (AvgIpc) is 2.94. The number of rotatable bonds is 2. The number of aliphatic hydroxyl groups is 2. The number of carbonyl (C=O) groups excluding carboxylic acids is 1. The summed E-state index contributed by atoms with van der Waals surface area (Å²) < 4.78 is 6.66. The molecule has 0 bridgehead atoms. The molecular weight excluding hydrogens is 254 g/mol. The molecule has 2 aromatic heterocycles. The molecule has 2 aromatic rings. The van der Waals surface area contributed by atoms with Gasteiger partial charge in [0.25, 0.3) is 0 Å². The van der Waals surface area contributed by atoms with E-state index in [4.69, 9.17) is 15.6 Å². The van der Waals surface area contributed by atoms with Crippen molar-refractivity contribution in [2.24, 2.45) is 0 Å². The summed E-state index contributed by atoms with van der Waals surface area (Å²) in [6.07, 6.45) is -0.813. The van der Waals surface area contributed by atoms with Gasteiger partial charge in [0.15, 0.2) is 17.7 Å². The van der Waals surface area contributed by atoms with Crippen LogP contribution in [-0.2, 0) is 9.53 Å². The van der Waals surface area contributed by atoms with Crippen LogP contribution in [-0.4, -0.2) is 54.3 Å². The number of nitrogens with two attached hydrogens (primary N) is 1. The van der Waals surface area contributed by atoms with E-state index in [-0.39, 0.29) is 5.82 Å². The number of aromatic nitrogens is 4. The van der Waals surface area contributed by atoms with Gasteiger partial charge in [-0.05, 0) is 0 Å². The van der Waals surface area contributed by atoms with Crippen LogP contribution < -0.4 is 5.73 Å². The molecule has 0 amide bonds. The van der Waals surface area contributed by atoms with Gasteiger partial charge >= 0.3 is 0 Å². The third-order valence-corrected chi connectivity index (χ3v) is 3.01. The fourth-order valence-corrected chi connectivity index (χ4v) is 2.02. The van der Waals surface area contributed by atoms with Gasteiger partial charge < -0.3 is 20.7 Å². The summed E-state index contributed by atoms with van der Waals surface area (Å²) in [5.74, 6) is -0.371. The molecule has 0 spiro atoms. The van der Waals surface area contributed by atoms with E-state index in [1.165, 1.54) is 17.2 Å². The van der Waals surface area contributed by atoms with Crippen LogP contribution in [0.4, 0.5) is 5.82 Å². The highest BCUT2D eigenvalue weighted by Gasteiger charge is 2.43. The largest absolute Gasteiger partial charge is 0.394 e. The minimum atomic E-state index is -1.37. The smallest absolute Gasteiger partial charge is 0.213 e. The van der Waals surface area contributed by atoms with Gasteiger partial charge in [-0.15, -0.1) is 0 Å². The molecule has 1 fully saturated rings. The minimum absolute atomic E-state index is 0.188. The molecular formula is C10H11N5O4. The van der Waals surface area contributed by atoms with Gasteiger partial charge in [-0.2, -0.15) is 0 Å². The zero-order valence-electron chi connectivity index (χ0n) is 9.67. The highest BCUT2D eigenvalue weighted by atomic mass is 16.5. The molecule has 3 heterocycles. The number of imidazole rings is 1. The predicted molar refractivity (Wildman–Crippen MR) is 61.7 cm³/mol. The Labute approximate surface area is 106 Å². The Balaban J connectivity index is 2.06. The lowest BCUT2D eigenvalue weighted by Gasteiger charge is -2.11. The van der Waals surface area contributed by atoms with Crippen LogP contribution in [0.25, 0.3) is 11.2 Å². The van der Waals surface area contributed by atoms with E-state index in [9.17, 15) is 9.90 Å². The van der Waals surface area contributed by atoms with Crippen molar-refractivity contribution in [1.82, 2.24) is 19.5 Å². The molecule has 9 nitrogen and oxygen atoms in total. The van der Waals surface area contributed by atoms with Gasteiger partial charge in [-0.25, -0.2) is 15.0 Å². The summed E-state index contributed by atoms with van der Waals surface area (Å²) in [5, 5.41) is 18.6. The van der Waals surface area contributed by atoms with E-state index in [0.717, 1.165) is 0 Å². The molecule has 1 unspecified atom stereocenters. The molecule has 0 aromatic carbocycles. The van der Waals surface area contributed by atoms with Gasteiger partial charge in [-0.1, -0.05) is 0 Å². The number of ether oxygens (including phenoxy) is 1. The van der Waals surface area contributed by atoms with Crippen LogP contribution in [0.2, 0.25) is 0 Å². The summed E-state index contributed by atoms with van der Waals surface area (Å²) in [5.41, 5.74) is 6.32. The molecule has 0 radical (unpaired) electrons. The molecule has 1 saturated heterocycles. The maximum absolute atomic E-state index is 11.9. The monoisotopic (exact) mass is 265 g/mol. The van der Waals surface area contributed by atoms with Crippen molar-refractivity contribution in [3.8, 4) is 0 Å². The third kappa shape index (κ3) is 1.67. The lowest BCUT2D eigenvalue weighted by Crippen LogP contribution is -2.29. The first kappa shape index (κ1) is 12.0. The first-order chi connectivity index (χ1) is 9.13. The summed E-state index contributed by atoms with van der Waals surface area (Å²) >= 11 is 0. The second-order valence-electron chi connectivity index (χ2n) is 4.14. The number of ketones is 1. The summed E-state index contributed by atoms with van der Waals surface area (Å²) in [6, 6.07) is 0. The van der Waals surface area contributed by atoms with Crippen LogP contribution in [0.1, 0.15) is 6.23 Å². The fourth-order valence-electron chi connectivity index (χ4n) is 2.02. The number of fused-ring (bicyclic) bond motifs is 1. The fraction of sp³-hybridized carbons (Fsp3) is 0.400. The number of nitrogens with zero attached hydrogens (tertiary/aromatic N) is 4. The Morgan fingerprint density at radius 2 is 2.21 bits per heavy atom. The number of hydrogen-bond acceptors (Lipinski definition) is 8. The first-order valence-corrected chi connectivity index (χ1v) is 5.54. The Morgan fingerprint density at radius 1 is 1.42 bits per heavy atom. The maximum atomic E-state index is 11.9. The van der Waals surface area contributed by atoms with Crippen molar-refractivity contribution >= 4 is 22.8 Å². The van der Waals surface area contributed by atoms with Crippen LogP contribution >= 0.6 is 0 Å². The van der Waals surface area contributed by atoms with E-state index >= 15 is 0 Å². The molecule has 1 aliphatic rings. The van der Waals surface area contributed by atoms with E-state index < -0.39 is 30.8 Å². The quantitative estimate of drug-likeness (QED) is 0.580. The lowest BCUT2D eigenvalue weighted by atomic mass is 10.2. The van der Waals surface area contributed by atoms with Gasteiger partial charge in [0.2, 0.25) is 5.78 Å².